The van der Waals surface area contributed by atoms with Crippen molar-refractivity contribution in [2.45, 2.75) is 34.6 Å². The zero-order valence-corrected chi connectivity index (χ0v) is 12.6. The van der Waals surface area contributed by atoms with Crippen molar-refractivity contribution < 1.29 is 18.4 Å². The monoisotopic (exact) mass is 345 g/mol. The number of hydrogen-bond acceptors (Lipinski definition) is 7. The second kappa shape index (κ2) is 6.13. The van der Waals surface area contributed by atoms with Crippen LogP contribution in [0.25, 0.3) is 0 Å². The molecule has 6 nitrogen and oxygen atoms in total. The number of hydrogen-bond donors (Lipinski definition) is 0. The second-order valence-corrected chi connectivity index (χ2v) is 6.88. The van der Waals surface area contributed by atoms with E-state index in [1.165, 1.54) is 35.2 Å². The van der Waals surface area contributed by atoms with Gasteiger partial charge < -0.3 is 4.74 Å². The van der Waals surface area contributed by atoms with Gasteiger partial charge in [-0.3, -0.25) is 10.1 Å². The number of nitro benzene ring substituents is 1. The van der Waals surface area contributed by atoms with Crippen LogP contribution in [0.5, 0.6) is 5.75 Å². The molecule has 2 aromatic rings. The highest BCUT2D eigenvalue weighted by Crippen LogP contribution is 2.44. The van der Waals surface area contributed by atoms with Gasteiger partial charge in [0.1, 0.15) is 5.01 Å². The number of alkyl halides is 2. The highest BCUT2D eigenvalue weighted by atomic mass is 32.2. The molecule has 0 aliphatic heterocycles. The Balaban J connectivity index is 1.81. The summed E-state index contributed by atoms with van der Waals surface area (Å²) in [4.78, 5) is 10.6. The molecule has 1 heterocycles. The van der Waals surface area contributed by atoms with Crippen LogP contribution >= 0.6 is 23.1 Å². The maximum atomic E-state index is 12.3. The first-order valence-corrected chi connectivity index (χ1v) is 7.90. The second-order valence-electron chi connectivity index (χ2n) is 4.55. The van der Waals surface area contributed by atoms with Gasteiger partial charge in [0.25, 0.3) is 0 Å². The molecule has 116 valence electrons. The average Bonchev–Trinajstić information content (AvgIpc) is 3.19. The summed E-state index contributed by atoms with van der Waals surface area (Å²) in [7, 11) is 0. The lowest BCUT2D eigenvalue weighted by atomic mass is 10.3. The van der Waals surface area contributed by atoms with Crippen molar-refractivity contribution in [2.75, 3.05) is 0 Å². The van der Waals surface area contributed by atoms with Crippen LogP contribution in [0.1, 0.15) is 23.8 Å². The average molecular weight is 345 g/mol. The number of nitro groups is 1. The van der Waals surface area contributed by atoms with Crippen LogP contribution < -0.4 is 4.74 Å². The van der Waals surface area contributed by atoms with E-state index in [-0.39, 0.29) is 0 Å². The molecule has 1 aliphatic rings. The van der Waals surface area contributed by atoms with Gasteiger partial charge in [-0.05, 0) is 18.9 Å². The molecule has 10 heteroatoms. The number of aromatic nitrogens is 2. The SMILES string of the molecule is O=[N+]([O-])c1ccc(Sc2nnc(C3CC3)s2)cc1OC(F)F. The van der Waals surface area contributed by atoms with Crippen molar-refractivity contribution in [2.24, 2.45) is 0 Å². The van der Waals surface area contributed by atoms with E-state index in [0.717, 1.165) is 23.9 Å². The smallest absolute Gasteiger partial charge is 0.387 e. The lowest BCUT2D eigenvalue weighted by Crippen LogP contribution is -2.04. The molecular weight excluding hydrogens is 336 g/mol. The summed E-state index contributed by atoms with van der Waals surface area (Å²) in [6.07, 6.45) is 2.23. The topological polar surface area (TPSA) is 78.2 Å². The van der Waals surface area contributed by atoms with Crippen LogP contribution in [0.15, 0.2) is 27.4 Å². The minimum atomic E-state index is -3.12. The van der Waals surface area contributed by atoms with Gasteiger partial charge in [-0.25, -0.2) is 0 Å². The standard InChI is InChI=1S/C12H9F2N3O3S2/c13-11(14)20-9-5-7(3-4-8(9)17(18)19)21-12-16-15-10(22-12)6-1-2-6/h3-6,11H,1-2H2. The van der Waals surface area contributed by atoms with Gasteiger partial charge in [0.05, 0.1) is 4.92 Å². The number of halogens is 2. The Kier molecular flexibility index (Phi) is 4.21. The van der Waals surface area contributed by atoms with Crippen LogP contribution in [-0.2, 0) is 0 Å². The molecule has 0 spiro atoms. The van der Waals surface area contributed by atoms with Crippen molar-refractivity contribution in [3.8, 4) is 5.75 Å². The van der Waals surface area contributed by atoms with Gasteiger partial charge in [-0.1, -0.05) is 23.1 Å². The molecule has 1 aromatic carbocycles. The van der Waals surface area contributed by atoms with Gasteiger partial charge in [-0.15, -0.1) is 10.2 Å². The minimum absolute atomic E-state index is 0.461. The molecule has 0 bridgehead atoms. The zero-order valence-electron chi connectivity index (χ0n) is 10.9. The third-order valence-corrected chi connectivity index (χ3v) is 5.02. The quantitative estimate of drug-likeness (QED) is 0.580. The van der Waals surface area contributed by atoms with E-state index in [2.05, 4.69) is 14.9 Å². The van der Waals surface area contributed by atoms with Gasteiger partial charge in [-0.2, -0.15) is 8.78 Å². The van der Waals surface area contributed by atoms with E-state index in [9.17, 15) is 18.9 Å². The number of benzene rings is 1. The van der Waals surface area contributed by atoms with Crippen LogP contribution in [0.2, 0.25) is 0 Å². The summed E-state index contributed by atoms with van der Waals surface area (Å²) < 4.78 is 29.6. The molecule has 1 aliphatic carbocycles. The molecule has 0 amide bonds. The van der Waals surface area contributed by atoms with E-state index in [1.807, 2.05) is 0 Å². The Morgan fingerprint density at radius 2 is 2.18 bits per heavy atom. The number of ether oxygens (including phenoxy) is 1. The van der Waals surface area contributed by atoms with Crippen LogP contribution in [0, 0.1) is 10.1 Å². The number of rotatable bonds is 6. The first-order chi connectivity index (χ1) is 10.5. The van der Waals surface area contributed by atoms with Crippen molar-refractivity contribution in [3.63, 3.8) is 0 Å². The fourth-order valence-corrected chi connectivity index (χ4v) is 3.80. The van der Waals surface area contributed by atoms with Crippen LogP contribution in [0.3, 0.4) is 0 Å². The molecule has 22 heavy (non-hydrogen) atoms. The summed E-state index contributed by atoms with van der Waals surface area (Å²) >= 11 is 2.66. The first kappa shape index (κ1) is 15.1. The summed E-state index contributed by atoms with van der Waals surface area (Å²) in [5.41, 5.74) is -0.499. The zero-order chi connectivity index (χ0) is 15.7. The van der Waals surface area contributed by atoms with Crippen molar-refractivity contribution >= 4 is 28.8 Å². The normalized spacial score (nSPS) is 14.3. The maximum absolute atomic E-state index is 12.3. The Morgan fingerprint density at radius 3 is 2.82 bits per heavy atom. The van der Waals surface area contributed by atoms with E-state index in [4.69, 9.17) is 0 Å². The highest BCUT2D eigenvalue weighted by molar-refractivity contribution is 8.01. The van der Waals surface area contributed by atoms with Crippen LogP contribution in [0.4, 0.5) is 14.5 Å². The third-order valence-electron chi connectivity index (χ3n) is 2.90. The molecule has 3 rings (SSSR count). The molecule has 1 aromatic heterocycles. The predicted octanol–water partition coefficient (Wildman–Crippen LogP) is 4.08. The minimum Gasteiger partial charge on any atom is -0.427 e. The molecule has 0 saturated heterocycles. The Morgan fingerprint density at radius 1 is 1.41 bits per heavy atom. The van der Waals surface area contributed by atoms with Gasteiger partial charge in [0.2, 0.25) is 5.75 Å². The first-order valence-electron chi connectivity index (χ1n) is 6.27. The molecule has 0 N–H and O–H groups in total. The van der Waals surface area contributed by atoms with Gasteiger partial charge >= 0.3 is 12.3 Å². The molecular formula is C12H9F2N3O3S2. The molecule has 0 atom stereocenters. The molecule has 1 fully saturated rings. The molecule has 0 radical (unpaired) electrons. The Hall–Kier alpha value is -1.81. The van der Waals surface area contributed by atoms with E-state index in [0.29, 0.717) is 15.2 Å². The van der Waals surface area contributed by atoms with E-state index < -0.39 is 23.0 Å². The van der Waals surface area contributed by atoms with Crippen molar-refractivity contribution in [1.82, 2.24) is 10.2 Å². The lowest BCUT2D eigenvalue weighted by molar-refractivity contribution is -0.386. The molecule has 0 unspecified atom stereocenters. The van der Waals surface area contributed by atoms with Gasteiger partial charge in [0, 0.05) is 22.9 Å². The van der Waals surface area contributed by atoms with Crippen molar-refractivity contribution in [1.29, 1.82) is 0 Å². The summed E-state index contributed by atoms with van der Waals surface area (Å²) in [6.45, 7) is -3.12. The Labute approximate surface area is 131 Å². The largest absolute Gasteiger partial charge is 0.427 e. The highest BCUT2D eigenvalue weighted by Gasteiger charge is 2.27. The summed E-state index contributed by atoms with van der Waals surface area (Å²) in [6, 6.07) is 3.83. The maximum Gasteiger partial charge on any atom is 0.387 e. The predicted molar refractivity (Wildman–Crippen MR) is 75.7 cm³/mol. The lowest BCUT2D eigenvalue weighted by Gasteiger charge is -2.06. The number of nitrogens with zero attached hydrogens (tertiary/aromatic N) is 3. The van der Waals surface area contributed by atoms with E-state index in [1.54, 1.807) is 0 Å². The molecule has 1 saturated carbocycles. The Bertz CT molecular complexity index is 707. The fraction of sp³-hybridized carbons (Fsp3) is 0.333. The summed E-state index contributed by atoms with van der Waals surface area (Å²) in [5.74, 6) is 0.0263. The summed E-state index contributed by atoms with van der Waals surface area (Å²) in [5, 5.41) is 19.9. The third kappa shape index (κ3) is 3.50. The van der Waals surface area contributed by atoms with Gasteiger partial charge in [0.15, 0.2) is 4.34 Å². The van der Waals surface area contributed by atoms with Crippen LogP contribution in [-0.4, -0.2) is 21.7 Å². The van der Waals surface area contributed by atoms with E-state index >= 15 is 0 Å². The van der Waals surface area contributed by atoms with Crippen molar-refractivity contribution in [3.05, 3.63) is 33.3 Å². The fourth-order valence-electron chi connectivity index (χ4n) is 1.76.